The van der Waals surface area contributed by atoms with Gasteiger partial charge in [-0.3, -0.25) is 13.9 Å². The number of para-hydroxylation sites is 2. The minimum absolute atomic E-state index is 0.0512. The van der Waals surface area contributed by atoms with Crippen molar-refractivity contribution in [2.45, 2.75) is 51.6 Å². The van der Waals surface area contributed by atoms with Gasteiger partial charge in [-0.15, -0.1) is 0 Å². The number of nitrogens with zero attached hydrogens (tertiary/aromatic N) is 3. The Bertz CT molecular complexity index is 759. The van der Waals surface area contributed by atoms with E-state index < -0.39 is 0 Å². The molecule has 1 atom stereocenters. The van der Waals surface area contributed by atoms with E-state index in [-0.39, 0.29) is 11.6 Å². The molecule has 23 heavy (non-hydrogen) atoms. The van der Waals surface area contributed by atoms with E-state index in [0.29, 0.717) is 19.0 Å². The molecule has 1 aromatic heterocycles. The Labute approximate surface area is 136 Å². The van der Waals surface area contributed by atoms with Gasteiger partial charge < -0.3 is 4.90 Å². The molecular weight excluding hydrogens is 290 g/mol. The Morgan fingerprint density at radius 2 is 1.96 bits per heavy atom. The number of carbonyl (C=O) groups is 1. The lowest BCUT2D eigenvalue weighted by atomic mass is 9.99. The van der Waals surface area contributed by atoms with Crippen LogP contribution >= 0.6 is 0 Å². The summed E-state index contributed by atoms with van der Waals surface area (Å²) in [6.07, 6.45) is 4.82. The van der Waals surface area contributed by atoms with Crippen molar-refractivity contribution >= 4 is 16.9 Å². The van der Waals surface area contributed by atoms with Gasteiger partial charge in [-0.2, -0.15) is 0 Å². The standard InChI is InChI=1S/C18H25N3O2/c1-3-14-8-6-7-12-20(14)17(22)11-13-21-16-10-5-4-9-15(16)19(2)18(21)23/h4-5,9-10,14H,3,6-8,11-13H2,1-2H3/t14-/m0/s1. The van der Waals surface area contributed by atoms with Crippen LogP contribution in [-0.2, 0) is 18.4 Å². The van der Waals surface area contributed by atoms with Crippen LogP contribution < -0.4 is 5.69 Å². The van der Waals surface area contributed by atoms with E-state index in [2.05, 4.69) is 6.92 Å². The van der Waals surface area contributed by atoms with Crippen LogP contribution in [0.15, 0.2) is 29.1 Å². The molecule has 2 aromatic rings. The Morgan fingerprint density at radius 1 is 1.22 bits per heavy atom. The molecule has 1 aliphatic heterocycles. The summed E-state index contributed by atoms with van der Waals surface area (Å²) in [7, 11) is 1.78. The van der Waals surface area contributed by atoms with Crippen LogP contribution in [-0.4, -0.2) is 32.5 Å². The first-order valence-corrected chi connectivity index (χ1v) is 8.57. The summed E-state index contributed by atoms with van der Waals surface area (Å²) >= 11 is 0. The first-order chi connectivity index (χ1) is 11.1. The van der Waals surface area contributed by atoms with Crippen molar-refractivity contribution in [3.05, 3.63) is 34.7 Å². The van der Waals surface area contributed by atoms with E-state index >= 15 is 0 Å². The zero-order chi connectivity index (χ0) is 16.4. The second-order valence-corrected chi connectivity index (χ2v) is 6.38. The number of piperidine rings is 1. The number of aromatic nitrogens is 2. The van der Waals surface area contributed by atoms with Crippen LogP contribution in [0.1, 0.15) is 39.0 Å². The zero-order valence-electron chi connectivity index (χ0n) is 14.0. The van der Waals surface area contributed by atoms with Crippen LogP contribution in [0.3, 0.4) is 0 Å². The van der Waals surface area contributed by atoms with Gasteiger partial charge in [0.15, 0.2) is 0 Å². The first kappa shape index (κ1) is 15.8. The van der Waals surface area contributed by atoms with Crippen molar-refractivity contribution in [3.63, 3.8) is 0 Å². The van der Waals surface area contributed by atoms with Gasteiger partial charge in [-0.25, -0.2) is 4.79 Å². The fraction of sp³-hybridized carbons (Fsp3) is 0.556. The monoisotopic (exact) mass is 315 g/mol. The van der Waals surface area contributed by atoms with Gasteiger partial charge >= 0.3 is 5.69 Å². The molecule has 0 spiro atoms. The predicted octanol–water partition coefficient (Wildman–Crippen LogP) is 2.52. The predicted molar refractivity (Wildman–Crippen MR) is 91.4 cm³/mol. The number of hydrogen-bond acceptors (Lipinski definition) is 2. The second-order valence-electron chi connectivity index (χ2n) is 6.38. The van der Waals surface area contributed by atoms with Gasteiger partial charge in [-0.1, -0.05) is 19.1 Å². The van der Waals surface area contributed by atoms with Gasteiger partial charge in [-0.05, 0) is 37.8 Å². The third kappa shape index (κ3) is 2.92. The Hall–Kier alpha value is -2.04. The molecule has 0 N–H and O–H groups in total. The molecule has 5 heteroatoms. The van der Waals surface area contributed by atoms with E-state index in [4.69, 9.17) is 0 Å². The summed E-state index contributed by atoms with van der Waals surface area (Å²) in [5, 5.41) is 0. The number of hydrogen-bond donors (Lipinski definition) is 0. The highest BCUT2D eigenvalue weighted by atomic mass is 16.2. The number of aryl methyl sites for hydroxylation is 2. The lowest BCUT2D eigenvalue weighted by molar-refractivity contribution is -0.135. The van der Waals surface area contributed by atoms with Crippen molar-refractivity contribution in [2.24, 2.45) is 7.05 Å². The Morgan fingerprint density at radius 3 is 2.70 bits per heavy atom. The molecule has 5 nitrogen and oxygen atoms in total. The number of carbonyl (C=O) groups excluding carboxylic acids is 1. The van der Waals surface area contributed by atoms with Crippen molar-refractivity contribution in [1.29, 1.82) is 0 Å². The number of rotatable bonds is 4. The maximum absolute atomic E-state index is 12.6. The minimum atomic E-state index is -0.0512. The first-order valence-electron chi connectivity index (χ1n) is 8.57. The average Bonchev–Trinajstić information content (AvgIpc) is 2.84. The molecule has 0 radical (unpaired) electrons. The van der Waals surface area contributed by atoms with E-state index in [1.807, 2.05) is 29.2 Å². The van der Waals surface area contributed by atoms with Crippen LogP contribution in [0.25, 0.3) is 11.0 Å². The number of imidazole rings is 1. The lowest BCUT2D eigenvalue weighted by Gasteiger charge is -2.35. The fourth-order valence-electron chi connectivity index (χ4n) is 3.68. The largest absolute Gasteiger partial charge is 0.340 e. The highest BCUT2D eigenvalue weighted by Gasteiger charge is 2.25. The number of amides is 1. The van der Waals surface area contributed by atoms with E-state index in [1.165, 1.54) is 6.42 Å². The molecule has 0 aliphatic carbocycles. The molecule has 3 rings (SSSR count). The number of likely N-dealkylation sites (tertiary alicyclic amines) is 1. The van der Waals surface area contributed by atoms with Crippen molar-refractivity contribution in [3.8, 4) is 0 Å². The molecule has 1 saturated heterocycles. The molecule has 0 saturated carbocycles. The summed E-state index contributed by atoms with van der Waals surface area (Å²) in [6.45, 7) is 3.46. The van der Waals surface area contributed by atoms with Crippen LogP contribution in [0.4, 0.5) is 0 Å². The SMILES string of the molecule is CC[C@H]1CCCCN1C(=O)CCn1c(=O)n(C)c2ccccc21. The van der Waals surface area contributed by atoms with Gasteiger partial charge in [0.05, 0.1) is 11.0 Å². The summed E-state index contributed by atoms with van der Waals surface area (Å²) in [5.41, 5.74) is 1.76. The number of fused-ring (bicyclic) bond motifs is 1. The molecule has 0 bridgehead atoms. The fourth-order valence-corrected chi connectivity index (χ4v) is 3.68. The molecule has 124 valence electrons. The maximum atomic E-state index is 12.6. The van der Waals surface area contributed by atoms with Crippen LogP contribution in [0, 0.1) is 0 Å². The highest BCUT2D eigenvalue weighted by Crippen LogP contribution is 2.20. The summed E-state index contributed by atoms with van der Waals surface area (Å²) in [4.78, 5) is 27.0. The minimum Gasteiger partial charge on any atom is -0.340 e. The highest BCUT2D eigenvalue weighted by molar-refractivity contribution is 5.78. The second kappa shape index (κ2) is 6.60. The maximum Gasteiger partial charge on any atom is 0.328 e. The third-order valence-corrected chi connectivity index (χ3v) is 5.02. The zero-order valence-corrected chi connectivity index (χ0v) is 14.0. The Kier molecular flexibility index (Phi) is 4.55. The van der Waals surface area contributed by atoms with E-state index in [9.17, 15) is 9.59 Å². The molecule has 2 heterocycles. The normalized spacial score (nSPS) is 18.5. The molecular formula is C18H25N3O2. The molecule has 0 unspecified atom stereocenters. The molecule has 1 aromatic carbocycles. The van der Waals surface area contributed by atoms with Gasteiger partial charge in [0.2, 0.25) is 5.91 Å². The number of benzene rings is 1. The van der Waals surface area contributed by atoms with Crippen LogP contribution in [0.5, 0.6) is 0 Å². The molecule has 1 aliphatic rings. The average molecular weight is 315 g/mol. The Balaban J connectivity index is 1.77. The summed E-state index contributed by atoms with van der Waals surface area (Å²) in [6, 6.07) is 8.11. The molecule has 1 amide bonds. The summed E-state index contributed by atoms with van der Waals surface area (Å²) < 4.78 is 3.37. The van der Waals surface area contributed by atoms with Gasteiger partial charge in [0.25, 0.3) is 0 Å². The van der Waals surface area contributed by atoms with E-state index in [1.54, 1.807) is 16.2 Å². The van der Waals surface area contributed by atoms with Gasteiger partial charge in [0, 0.05) is 32.6 Å². The lowest BCUT2D eigenvalue weighted by Crippen LogP contribution is -2.43. The van der Waals surface area contributed by atoms with Crippen LogP contribution in [0.2, 0.25) is 0 Å². The quantitative estimate of drug-likeness (QED) is 0.870. The smallest absolute Gasteiger partial charge is 0.328 e. The van der Waals surface area contributed by atoms with Crippen molar-refractivity contribution < 1.29 is 4.79 Å². The van der Waals surface area contributed by atoms with Crippen molar-refractivity contribution in [2.75, 3.05) is 6.54 Å². The van der Waals surface area contributed by atoms with Crippen molar-refractivity contribution in [1.82, 2.24) is 14.0 Å². The molecule has 1 fully saturated rings. The summed E-state index contributed by atoms with van der Waals surface area (Å²) in [5.74, 6) is 0.177. The third-order valence-electron chi connectivity index (χ3n) is 5.02. The van der Waals surface area contributed by atoms with Gasteiger partial charge in [0.1, 0.15) is 0 Å². The van der Waals surface area contributed by atoms with E-state index in [0.717, 1.165) is 36.8 Å². The topological polar surface area (TPSA) is 47.2 Å².